The molecular formula is C39H40F2N6O4. The fraction of sp³-hybridized carbons (Fsp3) is 0.487. The number of rotatable bonds is 6. The molecule has 0 spiro atoms. The average Bonchev–Trinajstić information content (AvgIpc) is 3.51. The van der Waals surface area contributed by atoms with E-state index in [1.165, 1.54) is 24.3 Å². The van der Waals surface area contributed by atoms with E-state index in [2.05, 4.69) is 26.1 Å². The van der Waals surface area contributed by atoms with E-state index < -0.39 is 11.6 Å². The van der Waals surface area contributed by atoms with Crippen LogP contribution in [0.2, 0.25) is 0 Å². The maximum absolute atomic E-state index is 16.9. The highest BCUT2D eigenvalue weighted by Crippen LogP contribution is 2.57. The summed E-state index contributed by atoms with van der Waals surface area (Å²) in [7, 11) is 0. The molecule has 12 heteroatoms. The summed E-state index contributed by atoms with van der Waals surface area (Å²) in [6.07, 6.45) is 14.4. The molecule has 5 heterocycles. The van der Waals surface area contributed by atoms with Crippen LogP contribution in [0.15, 0.2) is 30.5 Å². The molecule has 6 fully saturated rings. The molecule has 264 valence electrons. The summed E-state index contributed by atoms with van der Waals surface area (Å²) in [5.74, 6) is 1.72. The van der Waals surface area contributed by atoms with Gasteiger partial charge in [0.05, 0.1) is 30.8 Å². The Bertz CT molecular complexity index is 2080. The van der Waals surface area contributed by atoms with Gasteiger partial charge in [0, 0.05) is 66.2 Å². The van der Waals surface area contributed by atoms with Crippen LogP contribution in [0.25, 0.3) is 32.9 Å². The predicted molar refractivity (Wildman–Crippen MR) is 187 cm³/mol. The minimum atomic E-state index is -0.738. The summed E-state index contributed by atoms with van der Waals surface area (Å²) in [6.45, 7) is 4.28. The number of aromatic hydroxyl groups is 1. The number of piperazine rings is 1. The van der Waals surface area contributed by atoms with Crippen LogP contribution >= 0.6 is 0 Å². The number of halogens is 2. The summed E-state index contributed by atoms with van der Waals surface area (Å²) in [4.78, 5) is 31.9. The van der Waals surface area contributed by atoms with E-state index in [9.17, 15) is 14.3 Å². The summed E-state index contributed by atoms with van der Waals surface area (Å²) < 4.78 is 43.8. The Kier molecular flexibility index (Phi) is 7.78. The second kappa shape index (κ2) is 12.3. The lowest BCUT2D eigenvalue weighted by atomic mass is 9.53. The first kappa shape index (κ1) is 32.3. The normalized spacial score (nSPS) is 27.2. The predicted octanol–water partition coefficient (Wildman–Crippen LogP) is 5.33. The number of carbonyl (C=O) groups excluding carboxylic acids is 1. The van der Waals surface area contributed by atoms with Gasteiger partial charge in [0.25, 0.3) is 0 Å². The largest absolute Gasteiger partial charge is 0.508 e. The van der Waals surface area contributed by atoms with Crippen LogP contribution in [0.5, 0.6) is 11.8 Å². The van der Waals surface area contributed by atoms with Gasteiger partial charge in [-0.05, 0) is 75.0 Å². The number of hydrogen-bond acceptors (Lipinski definition) is 9. The number of ether oxygens (including phenoxy) is 2. The first-order chi connectivity index (χ1) is 24.7. The smallest absolute Gasteiger partial charge is 0.319 e. The molecule has 3 aliphatic heterocycles. The van der Waals surface area contributed by atoms with Crippen molar-refractivity contribution in [1.82, 2.24) is 25.2 Å². The maximum atomic E-state index is 16.9. The van der Waals surface area contributed by atoms with Crippen molar-refractivity contribution in [3.05, 3.63) is 47.7 Å². The van der Waals surface area contributed by atoms with Gasteiger partial charge >= 0.3 is 6.01 Å². The van der Waals surface area contributed by atoms with Crippen LogP contribution in [0.4, 0.5) is 14.6 Å². The zero-order valence-corrected chi connectivity index (χ0v) is 28.4. The number of pyridine rings is 1. The minimum absolute atomic E-state index is 0.0287. The molecule has 4 aromatic rings. The van der Waals surface area contributed by atoms with Gasteiger partial charge in [0.2, 0.25) is 5.91 Å². The standard InChI is InChI=1S/C39H40F2N6O4/c1-2-27-30(40)6-3-23-17-26(48)18-28(31(23)27)33-32(41)34-29(19-42-33)35(47-20-24-4-5-25(21-47)43-24)45-37(44-34)51-22-38-7-10-39(11-8-38,12-9-38)36(49)46-13-15-50-16-14-46/h1,3,6,17-19,24-25,43,48H,4-5,7-16,20-22H2/t24-,25+,38?,39?. The zero-order valence-electron chi connectivity index (χ0n) is 28.4. The van der Waals surface area contributed by atoms with Crippen LogP contribution in [0.3, 0.4) is 0 Å². The van der Waals surface area contributed by atoms with E-state index in [0.717, 1.165) is 51.4 Å². The summed E-state index contributed by atoms with van der Waals surface area (Å²) in [5, 5.41) is 15.4. The number of amides is 1. The molecule has 2 aromatic heterocycles. The highest BCUT2D eigenvalue weighted by atomic mass is 19.1. The number of fused-ring (bicyclic) bond motifs is 7. The SMILES string of the molecule is C#Cc1c(F)ccc2cc(O)cc(-c3ncc4c(N5C[C@H]6CC[C@@H](C5)N6)nc(OCC56CCC(C(=O)N7CCOCC7)(CC5)CC6)nc4c3F)c12. The maximum Gasteiger partial charge on any atom is 0.319 e. The number of phenols is 1. The number of phenolic OH excluding ortho intramolecular Hbond substituents is 1. The van der Waals surface area contributed by atoms with Crippen LogP contribution in [-0.4, -0.2) is 88.9 Å². The fourth-order valence-corrected chi connectivity index (χ4v) is 9.36. The van der Waals surface area contributed by atoms with Crippen LogP contribution in [0.1, 0.15) is 56.9 Å². The molecule has 3 saturated heterocycles. The van der Waals surface area contributed by atoms with E-state index in [0.29, 0.717) is 74.7 Å². The second-order valence-electron chi connectivity index (χ2n) is 15.2. The molecule has 0 radical (unpaired) electrons. The lowest BCUT2D eigenvalue weighted by Gasteiger charge is -2.53. The van der Waals surface area contributed by atoms with Crippen molar-refractivity contribution in [2.75, 3.05) is 50.9 Å². The molecule has 2 atom stereocenters. The lowest BCUT2D eigenvalue weighted by Crippen LogP contribution is -2.54. The molecule has 6 aliphatic rings. The molecule has 3 saturated carbocycles. The Labute approximate surface area is 294 Å². The van der Waals surface area contributed by atoms with Gasteiger partial charge in [-0.1, -0.05) is 12.0 Å². The molecule has 2 N–H and O–H groups in total. The molecular weight excluding hydrogens is 654 g/mol. The van der Waals surface area contributed by atoms with Gasteiger partial charge in [0.15, 0.2) is 5.82 Å². The third-order valence-electron chi connectivity index (χ3n) is 12.3. The van der Waals surface area contributed by atoms with E-state index in [1.807, 2.05) is 4.90 Å². The van der Waals surface area contributed by atoms with E-state index >= 15 is 4.39 Å². The van der Waals surface area contributed by atoms with Gasteiger partial charge in [-0.2, -0.15) is 9.97 Å². The van der Waals surface area contributed by atoms with Gasteiger partial charge in [-0.25, -0.2) is 8.78 Å². The zero-order chi connectivity index (χ0) is 34.9. The van der Waals surface area contributed by atoms with E-state index in [-0.39, 0.29) is 56.2 Å². The quantitative estimate of drug-likeness (QED) is 0.259. The summed E-state index contributed by atoms with van der Waals surface area (Å²) in [5.41, 5.74) is -0.377. The number of anilines is 1. The van der Waals surface area contributed by atoms with Crippen LogP contribution in [-0.2, 0) is 9.53 Å². The Morgan fingerprint density at radius 3 is 2.49 bits per heavy atom. The van der Waals surface area contributed by atoms with Crippen molar-refractivity contribution in [3.63, 3.8) is 0 Å². The molecule has 2 aromatic carbocycles. The van der Waals surface area contributed by atoms with Crippen molar-refractivity contribution < 1.29 is 28.2 Å². The molecule has 1 amide bonds. The molecule has 10 rings (SSSR count). The molecule has 10 nitrogen and oxygen atoms in total. The molecule has 0 unspecified atom stereocenters. The van der Waals surface area contributed by atoms with Gasteiger partial charge < -0.3 is 29.7 Å². The Balaban J connectivity index is 1.07. The third-order valence-corrected chi connectivity index (χ3v) is 12.3. The second-order valence-corrected chi connectivity index (χ2v) is 15.2. The van der Waals surface area contributed by atoms with Gasteiger partial charge in [0.1, 0.15) is 28.6 Å². The van der Waals surface area contributed by atoms with Crippen molar-refractivity contribution >= 4 is 33.4 Å². The average molecular weight is 695 g/mol. The molecule has 4 bridgehead atoms. The minimum Gasteiger partial charge on any atom is -0.508 e. The first-order valence-electron chi connectivity index (χ1n) is 18.0. The van der Waals surface area contributed by atoms with Gasteiger partial charge in [-0.3, -0.25) is 9.78 Å². The number of nitrogens with zero attached hydrogens (tertiary/aromatic N) is 5. The number of morpholine rings is 1. The van der Waals surface area contributed by atoms with Crippen molar-refractivity contribution in [2.45, 2.75) is 63.5 Å². The van der Waals surface area contributed by atoms with Crippen LogP contribution in [0, 0.1) is 34.8 Å². The van der Waals surface area contributed by atoms with Crippen molar-refractivity contribution in [3.8, 4) is 35.4 Å². The number of hydrogen-bond donors (Lipinski definition) is 2. The van der Waals surface area contributed by atoms with Crippen molar-refractivity contribution in [1.29, 1.82) is 0 Å². The number of benzene rings is 2. The first-order valence-corrected chi connectivity index (χ1v) is 18.0. The third kappa shape index (κ3) is 5.44. The molecule has 51 heavy (non-hydrogen) atoms. The fourth-order valence-electron chi connectivity index (χ4n) is 9.36. The Hall–Kier alpha value is -4.60. The molecule has 3 aliphatic carbocycles. The lowest BCUT2D eigenvalue weighted by molar-refractivity contribution is -0.157. The monoisotopic (exact) mass is 694 g/mol. The van der Waals surface area contributed by atoms with Gasteiger partial charge in [-0.15, -0.1) is 6.42 Å². The highest BCUT2D eigenvalue weighted by molar-refractivity contribution is 6.03. The summed E-state index contributed by atoms with van der Waals surface area (Å²) >= 11 is 0. The Morgan fingerprint density at radius 2 is 1.78 bits per heavy atom. The van der Waals surface area contributed by atoms with Crippen molar-refractivity contribution in [2.24, 2.45) is 10.8 Å². The summed E-state index contributed by atoms with van der Waals surface area (Å²) in [6, 6.07) is 6.22. The Morgan fingerprint density at radius 1 is 1.06 bits per heavy atom. The topological polar surface area (TPSA) is 113 Å². The van der Waals surface area contributed by atoms with E-state index in [1.54, 1.807) is 6.20 Å². The number of carbonyl (C=O) groups is 1. The number of nitrogens with one attached hydrogen (secondary N) is 1. The van der Waals surface area contributed by atoms with Crippen LogP contribution < -0.4 is 15.0 Å². The number of aromatic nitrogens is 3. The highest BCUT2D eigenvalue weighted by Gasteiger charge is 2.54. The number of terminal acetylenes is 1. The van der Waals surface area contributed by atoms with E-state index in [4.69, 9.17) is 20.9 Å².